The Balaban J connectivity index is 1.76. The summed E-state index contributed by atoms with van der Waals surface area (Å²) in [5.74, 6) is 0.877. The van der Waals surface area contributed by atoms with E-state index in [0.29, 0.717) is 17.0 Å². The minimum Gasteiger partial charge on any atom is -0.494 e. The Kier molecular flexibility index (Phi) is 6.49. The minimum atomic E-state index is 0.0298. The van der Waals surface area contributed by atoms with Gasteiger partial charge in [0, 0.05) is 11.6 Å². The van der Waals surface area contributed by atoms with Crippen molar-refractivity contribution >= 4 is 5.91 Å². The first-order valence-electron chi connectivity index (χ1n) is 9.04. The number of benzene rings is 1. The molecule has 23 heavy (non-hydrogen) atoms. The van der Waals surface area contributed by atoms with Crippen LogP contribution in [0.5, 0.6) is 5.75 Å². The third-order valence-corrected chi connectivity index (χ3v) is 4.69. The molecule has 0 heterocycles. The Morgan fingerprint density at radius 3 is 2.57 bits per heavy atom. The van der Waals surface area contributed by atoms with Crippen molar-refractivity contribution in [3.05, 3.63) is 29.8 Å². The highest BCUT2D eigenvalue weighted by Gasteiger charge is 2.31. The number of carbonyl (C=O) groups is 1. The van der Waals surface area contributed by atoms with E-state index in [2.05, 4.69) is 26.1 Å². The van der Waals surface area contributed by atoms with Crippen LogP contribution in [0.25, 0.3) is 0 Å². The second kappa shape index (κ2) is 8.37. The molecule has 1 unspecified atom stereocenters. The summed E-state index contributed by atoms with van der Waals surface area (Å²) in [6.07, 6.45) is 8.14. The highest BCUT2D eigenvalue weighted by atomic mass is 16.5. The summed E-state index contributed by atoms with van der Waals surface area (Å²) < 4.78 is 5.72. The molecule has 1 N–H and O–H groups in total. The summed E-state index contributed by atoms with van der Waals surface area (Å²) in [7, 11) is 0. The third kappa shape index (κ3) is 5.89. The molecule has 1 saturated carbocycles. The zero-order valence-electron chi connectivity index (χ0n) is 14.9. The molecule has 0 aromatic heterocycles. The van der Waals surface area contributed by atoms with Crippen LogP contribution in [0.2, 0.25) is 0 Å². The van der Waals surface area contributed by atoms with E-state index >= 15 is 0 Å². The SMILES string of the molecule is CCCCCCOc1ccc(C(=O)NC2CCC(C)(C)C2)cc1. The van der Waals surface area contributed by atoms with Gasteiger partial charge in [-0.2, -0.15) is 0 Å². The van der Waals surface area contributed by atoms with Gasteiger partial charge in [0.2, 0.25) is 0 Å². The van der Waals surface area contributed by atoms with E-state index < -0.39 is 0 Å². The van der Waals surface area contributed by atoms with E-state index in [1.165, 1.54) is 25.7 Å². The normalized spacial score (nSPS) is 19.5. The van der Waals surface area contributed by atoms with E-state index in [9.17, 15) is 4.79 Å². The van der Waals surface area contributed by atoms with Gasteiger partial charge in [0.05, 0.1) is 6.61 Å². The summed E-state index contributed by atoms with van der Waals surface area (Å²) in [5, 5.41) is 3.16. The number of rotatable bonds is 8. The van der Waals surface area contributed by atoms with Crippen molar-refractivity contribution in [2.45, 2.75) is 71.8 Å². The summed E-state index contributed by atoms with van der Waals surface area (Å²) in [6, 6.07) is 7.82. The maximum Gasteiger partial charge on any atom is 0.251 e. The summed E-state index contributed by atoms with van der Waals surface area (Å²) in [6.45, 7) is 7.50. The van der Waals surface area contributed by atoms with Crippen molar-refractivity contribution in [2.75, 3.05) is 6.61 Å². The van der Waals surface area contributed by atoms with Crippen LogP contribution in [-0.4, -0.2) is 18.6 Å². The molecule has 1 aromatic rings. The standard InChI is InChI=1S/C20H31NO2/c1-4-5-6-7-14-23-18-10-8-16(9-11-18)19(22)21-17-12-13-20(2,3)15-17/h8-11,17H,4-7,12-15H2,1-3H3,(H,21,22). The van der Waals surface area contributed by atoms with Gasteiger partial charge in [-0.15, -0.1) is 0 Å². The van der Waals surface area contributed by atoms with E-state index in [1.807, 2.05) is 24.3 Å². The predicted octanol–water partition coefficient (Wildman–Crippen LogP) is 4.95. The fraction of sp³-hybridized carbons (Fsp3) is 0.650. The molecule has 1 aromatic carbocycles. The average molecular weight is 317 g/mol. The van der Waals surface area contributed by atoms with Crippen LogP contribution in [0.15, 0.2) is 24.3 Å². The van der Waals surface area contributed by atoms with Gasteiger partial charge in [-0.3, -0.25) is 4.79 Å². The lowest BCUT2D eigenvalue weighted by Gasteiger charge is -2.18. The first-order valence-corrected chi connectivity index (χ1v) is 9.04. The minimum absolute atomic E-state index is 0.0298. The Morgan fingerprint density at radius 2 is 1.96 bits per heavy atom. The fourth-order valence-corrected chi connectivity index (χ4v) is 3.25. The van der Waals surface area contributed by atoms with Gasteiger partial charge < -0.3 is 10.1 Å². The van der Waals surface area contributed by atoms with Gasteiger partial charge in [-0.25, -0.2) is 0 Å². The number of unbranched alkanes of at least 4 members (excludes halogenated alkanes) is 3. The van der Waals surface area contributed by atoms with Crippen LogP contribution in [0.3, 0.4) is 0 Å². The molecule has 2 rings (SSSR count). The second-order valence-corrected chi connectivity index (χ2v) is 7.51. The second-order valence-electron chi connectivity index (χ2n) is 7.51. The van der Waals surface area contributed by atoms with Gasteiger partial charge in [-0.05, 0) is 55.4 Å². The quantitative estimate of drug-likeness (QED) is 0.689. The molecule has 1 fully saturated rings. The highest BCUT2D eigenvalue weighted by Crippen LogP contribution is 2.36. The molecule has 0 spiro atoms. The Labute approximate surface area is 140 Å². The van der Waals surface area contributed by atoms with Crippen LogP contribution in [0.4, 0.5) is 0 Å². The maximum absolute atomic E-state index is 12.3. The lowest BCUT2D eigenvalue weighted by Crippen LogP contribution is -2.33. The molecular weight excluding hydrogens is 286 g/mol. The van der Waals surface area contributed by atoms with Crippen LogP contribution < -0.4 is 10.1 Å². The van der Waals surface area contributed by atoms with Crippen molar-refractivity contribution in [2.24, 2.45) is 5.41 Å². The molecule has 1 aliphatic rings. The Morgan fingerprint density at radius 1 is 1.22 bits per heavy atom. The van der Waals surface area contributed by atoms with Crippen LogP contribution in [0.1, 0.15) is 76.1 Å². The van der Waals surface area contributed by atoms with Crippen LogP contribution in [-0.2, 0) is 0 Å². The van der Waals surface area contributed by atoms with Crippen LogP contribution >= 0.6 is 0 Å². The van der Waals surface area contributed by atoms with Gasteiger partial charge in [0.15, 0.2) is 0 Å². The molecule has 0 saturated heterocycles. The molecule has 3 heteroatoms. The Bertz CT molecular complexity index is 493. The van der Waals surface area contributed by atoms with Gasteiger partial charge >= 0.3 is 0 Å². The zero-order valence-corrected chi connectivity index (χ0v) is 14.9. The van der Waals surface area contributed by atoms with E-state index in [1.54, 1.807) is 0 Å². The Hall–Kier alpha value is -1.51. The fourth-order valence-electron chi connectivity index (χ4n) is 3.25. The molecule has 0 bridgehead atoms. The van der Waals surface area contributed by atoms with E-state index in [-0.39, 0.29) is 5.91 Å². The summed E-state index contributed by atoms with van der Waals surface area (Å²) in [4.78, 5) is 12.3. The summed E-state index contributed by atoms with van der Waals surface area (Å²) >= 11 is 0. The molecular formula is C20H31NO2. The van der Waals surface area contributed by atoms with Gasteiger partial charge in [0.25, 0.3) is 5.91 Å². The van der Waals surface area contributed by atoms with E-state index in [4.69, 9.17) is 4.74 Å². The summed E-state index contributed by atoms with van der Waals surface area (Å²) in [5.41, 5.74) is 1.07. The number of hydrogen-bond donors (Lipinski definition) is 1. The first-order chi connectivity index (χ1) is 11.0. The van der Waals surface area contributed by atoms with Crippen molar-refractivity contribution < 1.29 is 9.53 Å². The molecule has 1 amide bonds. The largest absolute Gasteiger partial charge is 0.494 e. The zero-order chi connectivity index (χ0) is 16.7. The molecule has 1 aliphatic carbocycles. The van der Waals surface area contributed by atoms with Crippen molar-refractivity contribution in [3.63, 3.8) is 0 Å². The number of hydrogen-bond acceptors (Lipinski definition) is 2. The average Bonchev–Trinajstić information content (AvgIpc) is 2.86. The van der Waals surface area contributed by atoms with Gasteiger partial charge in [0.1, 0.15) is 5.75 Å². The number of amides is 1. The monoisotopic (exact) mass is 317 g/mol. The lowest BCUT2D eigenvalue weighted by atomic mass is 9.92. The maximum atomic E-state index is 12.3. The number of carbonyl (C=O) groups excluding carboxylic acids is 1. The van der Waals surface area contributed by atoms with Crippen LogP contribution in [0, 0.1) is 5.41 Å². The topological polar surface area (TPSA) is 38.3 Å². The van der Waals surface area contributed by atoms with Gasteiger partial charge in [-0.1, -0.05) is 40.0 Å². The predicted molar refractivity (Wildman–Crippen MR) is 95.0 cm³/mol. The third-order valence-electron chi connectivity index (χ3n) is 4.69. The first kappa shape index (κ1) is 17.8. The number of ether oxygens (including phenoxy) is 1. The van der Waals surface area contributed by atoms with E-state index in [0.717, 1.165) is 31.6 Å². The molecule has 128 valence electrons. The van der Waals surface area contributed by atoms with Crippen molar-refractivity contribution in [3.8, 4) is 5.75 Å². The lowest BCUT2D eigenvalue weighted by molar-refractivity contribution is 0.0936. The highest BCUT2D eigenvalue weighted by molar-refractivity contribution is 5.94. The smallest absolute Gasteiger partial charge is 0.251 e. The molecule has 3 nitrogen and oxygen atoms in total. The molecule has 0 radical (unpaired) electrons. The molecule has 1 atom stereocenters. The number of nitrogens with one attached hydrogen (secondary N) is 1. The molecule has 0 aliphatic heterocycles. The van der Waals surface area contributed by atoms with Crippen molar-refractivity contribution in [1.29, 1.82) is 0 Å². The van der Waals surface area contributed by atoms with Crippen molar-refractivity contribution in [1.82, 2.24) is 5.32 Å².